The minimum Gasteiger partial charge on any atom is -0.481 e. The van der Waals surface area contributed by atoms with Crippen LogP contribution in [0.25, 0.3) is 5.57 Å². The van der Waals surface area contributed by atoms with Gasteiger partial charge in [0, 0.05) is 12.4 Å². The SMILES string of the molecule is O=C(O)C1C=C(c2cncc(C(F)(F)F)c2)CC1. The number of nitrogens with zero attached hydrogens (tertiary/aromatic N) is 1. The number of carbonyl (C=O) groups is 1. The first-order valence-electron chi connectivity index (χ1n) is 5.34. The van der Waals surface area contributed by atoms with Crippen LogP contribution in [0.3, 0.4) is 0 Å². The van der Waals surface area contributed by atoms with E-state index in [9.17, 15) is 18.0 Å². The molecule has 0 radical (unpaired) electrons. The van der Waals surface area contributed by atoms with E-state index < -0.39 is 23.6 Å². The third-order valence-corrected chi connectivity index (χ3v) is 2.88. The third-order valence-electron chi connectivity index (χ3n) is 2.88. The maximum Gasteiger partial charge on any atom is 0.417 e. The van der Waals surface area contributed by atoms with Crippen molar-refractivity contribution in [3.05, 3.63) is 35.7 Å². The van der Waals surface area contributed by atoms with Crippen LogP contribution >= 0.6 is 0 Å². The predicted molar refractivity (Wildman–Crippen MR) is 57.6 cm³/mol. The van der Waals surface area contributed by atoms with Crippen molar-refractivity contribution in [1.82, 2.24) is 4.98 Å². The third kappa shape index (κ3) is 2.52. The fourth-order valence-electron chi connectivity index (χ4n) is 1.93. The van der Waals surface area contributed by atoms with Crippen LogP contribution < -0.4 is 0 Å². The van der Waals surface area contributed by atoms with E-state index in [1.807, 2.05) is 0 Å². The summed E-state index contributed by atoms with van der Waals surface area (Å²) in [5, 5.41) is 8.82. The summed E-state index contributed by atoms with van der Waals surface area (Å²) in [7, 11) is 0. The Morgan fingerprint density at radius 3 is 2.67 bits per heavy atom. The second-order valence-corrected chi connectivity index (χ2v) is 4.14. The number of aromatic nitrogens is 1. The highest BCUT2D eigenvalue weighted by molar-refractivity contribution is 5.79. The van der Waals surface area contributed by atoms with Gasteiger partial charge in [-0.2, -0.15) is 13.2 Å². The van der Waals surface area contributed by atoms with Crippen LogP contribution in [0.1, 0.15) is 24.0 Å². The summed E-state index contributed by atoms with van der Waals surface area (Å²) in [5.74, 6) is -1.57. The van der Waals surface area contributed by atoms with Crippen LogP contribution in [-0.4, -0.2) is 16.1 Å². The van der Waals surface area contributed by atoms with Crippen LogP contribution in [0, 0.1) is 5.92 Å². The lowest BCUT2D eigenvalue weighted by Crippen LogP contribution is -2.07. The maximum absolute atomic E-state index is 12.5. The van der Waals surface area contributed by atoms with E-state index in [2.05, 4.69) is 4.98 Å². The Balaban J connectivity index is 2.30. The van der Waals surface area contributed by atoms with Gasteiger partial charge in [0.1, 0.15) is 0 Å². The molecular weight excluding hydrogens is 247 g/mol. The van der Waals surface area contributed by atoms with Crippen LogP contribution in [-0.2, 0) is 11.0 Å². The Kier molecular flexibility index (Phi) is 3.11. The van der Waals surface area contributed by atoms with Crippen molar-refractivity contribution in [2.45, 2.75) is 19.0 Å². The molecule has 6 heteroatoms. The number of hydrogen-bond donors (Lipinski definition) is 1. The molecule has 0 saturated carbocycles. The Morgan fingerprint density at radius 1 is 1.39 bits per heavy atom. The average Bonchev–Trinajstić information content (AvgIpc) is 2.77. The lowest BCUT2D eigenvalue weighted by molar-refractivity contribution is -0.140. The number of allylic oxidation sites excluding steroid dienone is 1. The molecule has 0 amide bonds. The lowest BCUT2D eigenvalue weighted by Gasteiger charge is -2.08. The summed E-state index contributed by atoms with van der Waals surface area (Å²) in [6.45, 7) is 0. The quantitative estimate of drug-likeness (QED) is 0.886. The molecule has 1 heterocycles. The van der Waals surface area contributed by atoms with Crippen molar-refractivity contribution in [2.24, 2.45) is 5.92 Å². The van der Waals surface area contributed by atoms with Crippen LogP contribution in [0.4, 0.5) is 13.2 Å². The predicted octanol–water partition coefficient (Wildman–Crippen LogP) is 2.98. The molecule has 1 unspecified atom stereocenters. The Morgan fingerprint density at radius 2 is 2.11 bits per heavy atom. The van der Waals surface area contributed by atoms with E-state index in [1.165, 1.54) is 12.3 Å². The molecule has 0 aromatic carbocycles. The Labute approximate surface area is 101 Å². The first-order chi connectivity index (χ1) is 8.38. The normalized spacial score (nSPS) is 19.7. The van der Waals surface area contributed by atoms with Crippen LogP contribution in [0.2, 0.25) is 0 Å². The van der Waals surface area contributed by atoms with Gasteiger partial charge in [0.05, 0.1) is 11.5 Å². The summed E-state index contributed by atoms with van der Waals surface area (Å²) in [6, 6.07) is 1.00. The number of carboxylic acids is 1. The number of rotatable bonds is 2. The molecule has 1 aromatic heterocycles. The largest absolute Gasteiger partial charge is 0.481 e. The molecule has 0 fully saturated rings. The highest BCUT2D eigenvalue weighted by Gasteiger charge is 2.31. The van der Waals surface area contributed by atoms with Crippen molar-refractivity contribution in [3.8, 4) is 0 Å². The number of pyridine rings is 1. The Hall–Kier alpha value is -1.85. The van der Waals surface area contributed by atoms with Crippen LogP contribution in [0.5, 0.6) is 0 Å². The molecule has 1 atom stereocenters. The fourth-order valence-corrected chi connectivity index (χ4v) is 1.93. The van der Waals surface area contributed by atoms with Crippen molar-refractivity contribution < 1.29 is 23.1 Å². The maximum atomic E-state index is 12.5. The number of aliphatic carboxylic acids is 1. The molecule has 18 heavy (non-hydrogen) atoms. The highest BCUT2D eigenvalue weighted by Crippen LogP contribution is 2.34. The van der Waals surface area contributed by atoms with Gasteiger partial charge in [0.25, 0.3) is 0 Å². The standard InChI is InChI=1S/C12H10F3NO2/c13-12(14,15)10-4-9(5-16-6-10)7-1-2-8(3-7)11(17)18/h3-6,8H,1-2H2,(H,17,18). The van der Waals surface area contributed by atoms with Gasteiger partial charge in [-0.1, -0.05) is 6.08 Å². The van der Waals surface area contributed by atoms with E-state index in [-0.39, 0.29) is 0 Å². The molecule has 0 bridgehead atoms. The van der Waals surface area contributed by atoms with Gasteiger partial charge in [0.2, 0.25) is 0 Å². The summed E-state index contributed by atoms with van der Waals surface area (Å²) in [5.41, 5.74) is 0.134. The van der Waals surface area contributed by atoms with Crippen molar-refractivity contribution >= 4 is 11.5 Å². The number of alkyl halides is 3. The zero-order chi connectivity index (χ0) is 13.3. The Bertz CT molecular complexity index is 508. The van der Waals surface area contributed by atoms with Gasteiger partial charge < -0.3 is 5.11 Å². The zero-order valence-electron chi connectivity index (χ0n) is 9.24. The van der Waals surface area contributed by atoms with Gasteiger partial charge in [-0.05, 0) is 30.0 Å². The van der Waals surface area contributed by atoms with Crippen molar-refractivity contribution in [2.75, 3.05) is 0 Å². The van der Waals surface area contributed by atoms with E-state index >= 15 is 0 Å². The van der Waals surface area contributed by atoms with E-state index in [4.69, 9.17) is 5.11 Å². The van der Waals surface area contributed by atoms with E-state index in [0.717, 1.165) is 12.3 Å². The fraction of sp³-hybridized carbons (Fsp3) is 0.333. The molecule has 1 N–H and O–H groups in total. The smallest absolute Gasteiger partial charge is 0.417 e. The first kappa shape index (κ1) is 12.6. The number of halogens is 3. The second kappa shape index (κ2) is 4.44. The van der Waals surface area contributed by atoms with Crippen LogP contribution in [0.15, 0.2) is 24.5 Å². The molecule has 0 aliphatic heterocycles. The molecular formula is C12H10F3NO2. The average molecular weight is 257 g/mol. The van der Waals surface area contributed by atoms with Crippen molar-refractivity contribution in [1.29, 1.82) is 0 Å². The topological polar surface area (TPSA) is 50.2 Å². The molecule has 2 rings (SSSR count). The molecule has 0 saturated heterocycles. The second-order valence-electron chi connectivity index (χ2n) is 4.14. The minimum atomic E-state index is -4.44. The molecule has 1 aromatic rings. The summed E-state index contributed by atoms with van der Waals surface area (Å²) >= 11 is 0. The molecule has 0 spiro atoms. The van der Waals surface area contributed by atoms with Gasteiger partial charge >= 0.3 is 12.1 Å². The van der Waals surface area contributed by atoms with Gasteiger partial charge in [-0.15, -0.1) is 0 Å². The first-order valence-corrected chi connectivity index (χ1v) is 5.34. The molecule has 96 valence electrons. The zero-order valence-corrected chi connectivity index (χ0v) is 9.24. The minimum absolute atomic E-state index is 0.341. The molecule has 1 aliphatic rings. The number of hydrogen-bond acceptors (Lipinski definition) is 2. The number of carboxylic acid groups (broad SMARTS) is 1. The lowest BCUT2D eigenvalue weighted by atomic mass is 10.1. The highest BCUT2D eigenvalue weighted by atomic mass is 19.4. The van der Waals surface area contributed by atoms with Gasteiger partial charge in [-0.25, -0.2) is 0 Å². The molecule has 3 nitrogen and oxygen atoms in total. The van der Waals surface area contributed by atoms with Gasteiger partial charge in [-0.3, -0.25) is 9.78 Å². The summed E-state index contributed by atoms with van der Waals surface area (Å²) in [6.07, 6.45) is 0.0216. The monoisotopic (exact) mass is 257 g/mol. The molecule has 1 aliphatic carbocycles. The summed E-state index contributed by atoms with van der Waals surface area (Å²) < 4.78 is 37.5. The van der Waals surface area contributed by atoms with E-state index in [1.54, 1.807) is 0 Å². The van der Waals surface area contributed by atoms with E-state index in [0.29, 0.717) is 24.0 Å². The van der Waals surface area contributed by atoms with Crippen molar-refractivity contribution in [3.63, 3.8) is 0 Å². The summed E-state index contributed by atoms with van der Waals surface area (Å²) in [4.78, 5) is 14.3. The van der Waals surface area contributed by atoms with Gasteiger partial charge in [0.15, 0.2) is 0 Å².